The minimum atomic E-state index is -1.30. The molecule has 1 N–H and O–H groups in total. The fourth-order valence-electron chi connectivity index (χ4n) is 2.95. The number of thiazole rings is 1. The van der Waals surface area contributed by atoms with Gasteiger partial charge in [0, 0.05) is 28.3 Å². The van der Waals surface area contributed by atoms with E-state index in [-0.39, 0.29) is 22.1 Å². The van der Waals surface area contributed by atoms with Crippen molar-refractivity contribution >= 4 is 45.5 Å². The molecule has 0 radical (unpaired) electrons. The van der Waals surface area contributed by atoms with Gasteiger partial charge in [-0.25, -0.2) is 14.2 Å². The number of ketones is 1. The fourth-order valence-corrected chi connectivity index (χ4v) is 4.61. The van der Waals surface area contributed by atoms with Gasteiger partial charge in [0.2, 0.25) is 5.78 Å². The molecule has 1 unspecified atom stereocenters. The van der Waals surface area contributed by atoms with E-state index in [9.17, 15) is 18.5 Å². The van der Waals surface area contributed by atoms with E-state index in [4.69, 9.17) is 4.74 Å². The second-order valence-electron chi connectivity index (χ2n) is 9.68. The highest BCUT2D eigenvalue weighted by Gasteiger charge is 2.30. The van der Waals surface area contributed by atoms with Crippen LogP contribution in [0.1, 0.15) is 75.6 Å². The average molecular weight is 494 g/mol. The Morgan fingerprint density at radius 3 is 2.52 bits per heavy atom. The Morgan fingerprint density at radius 2 is 1.91 bits per heavy atom. The van der Waals surface area contributed by atoms with Crippen LogP contribution >= 0.6 is 11.3 Å². The largest absolute Gasteiger partial charge is 0.598 e. The number of fused-ring (bicyclic) bond motifs is 1. The summed E-state index contributed by atoms with van der Waals surface area (Å²) in [5.41, 5.74) is 0.282. The Labute approximate surface area is 199 Å². The number of carbonyl (C=O) groups excluding carboxylic acids is 2. The summed E-state index contributed by atoms with van der Waals surface area (Å²) in [6.07, 6.45) is 0.650. The molecule has 2 aromatic heterocycles. The Kier molecular flexibility index (Phi) is 7.05. The first kappa shape index (κ1) is 25.4. The van der Waals surface area contributed by atoms with Crippen molar-refractivity contribution in [2.45, 2.75) is 64.9 Å². The number of rotatable bonds is 5. The minimum absolute atomic E-state index is 0.216. The molecule has 33 heavy (non-hydrogen) atoms. The lowest BCUT2D eigenvalue weighted by Crippen LogP contribution is -2.40. The Balaban J connectivity index is 1.94. The maximum Gasteiger partial charge on any atom is 0.419 e. The fraction of sp³-hybridized carbons (Fsp3) is 0.435. The topological polar surface area (TPSA) is 96.3 Å². The van der Waals surface area contributed by atoms with Crippen molar-refractivity contribution in [1.82, 2.24) is 14.3 Å². The molecule has 1 aromatic carbocycles. The third-order valence-electron chi connectivity index (χ3n) is 4.60. The number of aromatic nitrogens is 2. The van der Waals surface area contributed by atoms with Gasteiger partial charge in [0.25, 0.3) is 0 Å². The molecular weight excluding hydrogens is 465 g/mol. The smallest absolute Gasteiger partial charge is 0.419 e. The molecule has 0 aliphatic rings. The number of ether oxygens (including phenoxy) is 1. The molecule has 10 heteroatoms. The van der Waals surface area contributed by atoms with Crippen LogP contribution in [0.25, 0.3) is 10.9 Å². The van der Waals surface area contributed by atoms with E-state index < -0.39 is 39.4 Å². The second kappa shape index (κ2) is 9.17. The second-order valence-corrected chi connectivity index (χ2v) is 12.5. The zero-order chi connectivity index (χ0) is 24.7. The highest BCUT2D eigenvalue weighted by Crippen LogP contribution is 2.28. The van der Waals surface area contributed by atoms with Crippen molar-refractivity contribution in [2.24, 2.45) is 0 Å². The van der Waals surface area contributed by atoms with Crippen molar-refractivity contribution in [3.8, 4) is 0 Å². The summed E-state index contributed by atoms with van der Waals surface area (Å²) in [6, 6.07) is 3.56. The van der Waals surface area contributed by atoms with E-state index in [1.54, 1.807) is 26.2 Å². The molecule has 0 aliphatic heterocycles. The normalized spacial score (nSPS) is 14.3. The van der Waals surface area contributed by atoms with Crippen LogP contribution in [0.2, 0.25) is 0 Å². The molecule has 0 bridgehead atoms. The summed E-state index contributed by atoms with van der Waals surface area (Å²) >= 11 is -0.142. The van der Waals surface area contributed by atoms with Gasteiger partial charge in [0.1, 0.15) is 16.2 Å². The van der Waals surface area contributed by atoms with Gasteiger partial charge < -0.3 is 9.29 Å². The van der Waals surface area contributed by atoms with E-state index in [0.717, 1.165) is 15.9 Å². The molecule has 2 atom stereocenters. The third kappa shape index (κ3) is 5.81. The molecule has 3 rings (SSSR count). The van der Waals surface area contributed by atoms with E-state index in [2.05, 4.69) is 9.71 Å². The summed E-state index contributed by atoms with van der Waals surface area (Å²) in [6.45, 7) is 12.6. The summed E-state index contributed by atoms with van der Waals surface area (Å²) in [4.78, 5) is 30.4. The number of nitrogens with zero attached hydrogens (tertiary/aromatic N) is 2. The summed E-state index contributed by atoms with van der Waals surface area (Å²) < 4.78 is 35.4. The van der Waals surface area contributed by atoms with E-state index >= 15 is 0 Å². The van der Waals surface area contributed by atoms with Crippen molar-refractivity contribution < 1.29 is 23.3 Å². The molecular formula is C23H28FN3O4S2. The highest BCUT2D eigenvalue weighted by atomic mass is 32.2. The molecule has 7 nitrogen and oxygen atoms in total. The Bertz CT molecular complexity index is 1190. The number of benzene rings is 1. The zero-order valence-corrected chi connectivity index (χ0v) is 21.3. The van der Waals surface area contributed by atoms with Crippen molar-refractivity contribution in [3.05, 3.63) is 51.9 Å². The number of halogens is 1. The number of hydrogen-bond acceptors (Lipinski definition) is 7. The Morgan fingerprint density at radius 1 is 1.24 bits per heavy atom. The van der Waals surface area contributed by atoms with Crippen molar-refractivity contribution in [3.63, 3.8) is 0 Å². The average Bonchev–Trinajstić information content (AvgIpc) is 3.30. The molecule has 2 heterocycles. The van der Waals surface area contributed by atoms with Gasteiger partial charge >= 0.3 is 6.09 Å². The quantitative estimate of drug-likeness (QED) is 0.379. The number of hydrogen-bond donors (Lipinski definition) is 1. The monoisotopic (exact) mass is 493 g/mol. The maximum absolute atomic E-state index is 13.9. The molecule has 0 amide bonds. The van der Waals surface area contributed by atoms with Crippen LogP contribution < -0.4 is 4.72 Å². The summed E-state index contributed by atoms with van der Waals surface area (Å²) in [5, 5.41) is 2.37. The third-order valence-corrected chi connectivity index (χ3v) is 7.14. The van der Waals surface area contributed by atoms with Crippen LogP contribution in [0.3, 0.4) is 0 Å². The van der Waals surface area contributed by atoms with Gasteiger partial charge in [-0.05, 0) is 66.7 Å². The number of carbonyl (C=O) groups is 2. The van der Waals surface area contributed by atoms with Crippen LogP contribution in [-0.2, 0) is 16.1 Å². The molecule has 0 fully saturated rings. The van der Waals surface area contributed by atoms with Gasteiger partial charge in [0.15, 0.2) is 5.01 Å². The van der Waals surface area contributed by atoms with Crippen molar-refractivity contribution in [2.75, 3.05) is 0 Å². The summed E-state index contributed by atoms with van der Waals surface area (Å²) in [5.74, 6) is -0.929. The minimum Gasteiger partial charge on any atom is -0.598 e. The first-order chi connectivity index (χ1) is 15.2. The van der Waals surface area contributed by atoms with E-state index in [0.29, 0.717) is 11.1 Å². The highest BCUT2D eigenvalue weighted by molar-refractivity contribution is 7.90. The van der Waals surface area contributed by atoms with Crippen LogP contribution in [0.5, 0.6) is 0 Å². The molecule has 178 valence electrons. The van der Waals surface area contributed by atoms with Gasteiger partial charge in [-0.2, -0.15) is 0 Å². The first-order valence-electron chi connectivity index (χ1n) is 10.4. The Hall–Kier alpha value is -2.27. The lowest BCUT2D eigenvalue weighted by Gasteiger charge is -2.25. The lowest BCUT2D eigenvalue weighted by molar-refractivity contribution is 0.0544. The standard InChI is InChI=1S/C23H28FN3O4S2/c1-13(26-33(30)23(5,6)7)17-12-32-20(25-17)19(28)16-11-27(21(29)31-22(2,3)4)18-10-14(24)8-9-15(16)18/h8-13,26H,1-7H3/t13-,33?/m0/s1. The van der Waals surface area contributed by atoms with Gasteiger partial charge in [-0.3, -0.25) is 9.36 Å². The van der Waals surface area contributed by atoms with Gasteiger partial charge in [-0.15, -0.1) is 16.1 Å². The van der Waals surface area contributed by atoms with Gasteiger partial charge in [0.05, 0.1) is 22.8 Å². The predicted molar refractivity (Wildman–Crippen MR) is 129 cm³/mol. The number of nitrogens with one attached hydrogen (secondary N) is 1. The van der Waals surface area contributed by atoms with Crippen molar-refractivity contribution in [1.29, 1.82) is 0 Å². The van der Waals surface area contributed by atoms with E-state index in [1.165, 1.54) is 24.4 Å². The molecule has 0 saturated heterocycles. The van der Waals surface area contributed by atoms with Crippen LogP contribution in [0, 0.1) is 5.82 Å². The summed E-state index contributed by atoms with van der Waals surface area (Å²) in [7, 11) is 0. The predicted octanol–water partition coefficient (Wildman–Crippen LogP) is 5.36. The molecule has 3 aromatic rings. The molecule has 0 saturated carbocycles. The van der Waals surface area contributed by atoms with E-state index in [1.807, 2.05) is 27.7 Å². The molecule has 0 spiro atoms. The van der Waals surface area contributed by atoms with Crippen LogP contribution in [-0.4, -0.2) is 36.3 Å². The first-order valence-corrected chi connectivity index (χ1v) is 12.4. The van der Waals surface area contributed by atoms with Crippen LogP contribution in [0.4, 0.5) is 9.18 Å². The van der Waals surface area contributed by atoms with Gasteiger partial charge in [-0.1, -0.05) is 0 Å². The maximum atomic E-state index is 13.9. The molecule has 0 aliphatic carbocycles. The zero-order valence-electron chi connectivity index (χ0n) is 19.7. The van der Waals surface area contributed by atoms with Crippen LogP contribution in [0.15, 0.2) is 29.8 Å². The SMILES string of the molecule is C[C@H](N[S+]([O-])C(C)(C)C)c1csc(C(=O)c2cn(C(=O)OC(C)(C)C)c3cc(F)ccc23)n1. The lowest BCUT2D eigenvalue weighted by atomic mass is 10.1.